The minimum atomic E-state index is -0.526. The number of benzene rings is 2. The Hall–Kier alpha value is -1.74. The van der Waals surface area contributed by atoms with Gasteiger partial charge in [0.1, 0.15) is 11.6 Å². The van der Waals surface area contributed by atoms with E-state index in [1.165, 1.54) is 12.1 Å². The van der Waals surface area contributed by atoms with E-state index >= 15 is 0 Å². The smallest absolute Gasteiger partial charge is 0.136 e. The summed E-state index contributed by atoms with van der Waals surface area (Å²) >= 11 is 0. The maximum atomic E-state index is 14.1. The second-order valence-corrected chi connectivity index (χ2v) is 4.24. The molecule has 0 atom stereocenters. The normalized spacial score (nSPS) is 10.7. The van der Waals surface area contributed by atoms with Gasteiger partial charge in [0.15, 0.2) is 0 Å². The Kier molecular flexibility index (Phi) is 3.72. The van der Waals surface area contributed by atoms with E-state index in [1.807, 2.05) is 12.1 Å². The van der Waals surface area contributed by atoms with Crippen molar-refractivity contribution < 1.29 is 8.78 Å². The second kappa shape index (κ2) is 5.27. The lowest BCUT2D eigenvalue weighted by atomic mass is 9.97. The van der Waals surface area contributed by atoms with Crippen molar-refractivity contribution in [2.45, 2.75) is 13.5 Å². The second-order valence-electron chi connectivity index (χ2n) is 4.24. The van der Waals surface area contributed by atoms with E-state index in [1.54, 1.807) is 26.1 Å². The van der Waals surface area contributed by atoms with Crippen molar-refractivity contribution >= 4 is 0 Å². The van der Waals surface area contributed by atoms with Gasteiger partial charge in [0.2, 0.25) is 0 Å². The number of rotatable bonds is 3. The van der Waals surface area contributed by atoms with Gasteiger partial charge in [-0.25, -0.2) is 8.78 Å². The Bertz CT molecular complexity index is 564. The molecule has 0 spiro atoms. The minimum absolute atomic E-state index is 0.0563. The highest BCUT2D eigenvalue weighted by Gasteiger charge is 2.15. The Morgan fingerprint density at radius 3 is 2.50 bits per heavy atom. The number of nitrogens with one attached hydrogen (secondary N) is 1. The molecule has 0 aromatic heterocycles. The largest absolute Gasteiger partial charge is 0.316 e. The summed E-state index contributed by atoms with van der Waals surface area (Å²) in [6.45, 7) is 2.21. The third kappa shape index (κ3) is 2.27. The molecule has 2 aromatic rings. The summed E-state index contributed by atoms with van der Waals surface area (Å²) in [5.41, 5.74) is 1.99. The van der Waals surface area contributed by atoms with Crippen molar-refractivity contribution in [3.05, 3.63) is 59.2 Å². The van der Waals surface area contributed by atoms with Crippen LogP contribution < -0.4 is 5.32 Å². The van der Waals surface area contributed by atoms with Gasteiger partial charge in [0.05, 0.1) is 5.56 Å². The molecule has 0 amide bonds. The lowest BCUT2D eigenvalue weighted by Gasteiger charge is -2.12. The van der Waals surface area contributed by atoms with Crippen LogP contribution in [0.5, 0.6) is 0 Å². The number of hydrogen-bond acceptors (Lipinski definition) is 1. The van der Waals surface area contributed by atoms with E-state index in [0.29, 0.717) is 17.7 Å². The Balaban J connectivity index is 2.65. The third-order valence-corrected chi connectivity index (χ3v) is 2.94. The first-order valence-corrected chi connectivity index (χ1v) is 5.82. The van der Waals surface area contributed by atoms with Crippen LogP contribution in [0.1, 0.15) is 11.1 Å². The topological polar surface area (TPSA) is 12.0 Å². The van der Waals surface area contributed by atoms with E-state index in [4.69, 9.17) is 0 Å². The molecule has 0 saturated carbocycles. The average molecular weight is 247 g/mol. The van der Waals surface area contributed by atoms with E-state index in [-0.39, 0.29) is 5.56 Å². The molecule has 94 valence electrons. The van der Waals surface area contributed by atoms with Crippen LogP contribution in [0.3, 0.4) is 0 Å². The van der Waals surface area contributed by atoms with Crippen LogP contribution in [0.15, 0.2) is 36.4 Å². The van der Waals surface area contributed by atoms with E-state index in [2.05, 4.69) is 5.32 Å². The summed E-state index contributed by atoms with van der Waals surface area (Å²) in [6.07, 6.45) is 0. The van der Waals surface area contributed by atoms with Crippen LogP contribution in [0, 0.1) is 18.6 Å². The van der Waals surface area contributed by atoms with Crippen LogP contribution in [-0.4, -0.2) is 7.05 Å². The zero-order valence-corrected chi connectivity index (χ0v) is 10.4. The molecular formula is C15H15F2N. The van der Waals surface area contributed by atoms with Gasteiger partial charge in [0, 0.05) is 6.54 Å². The van der Waals surface area contributed by atoms with Crippen LogP contribution in [0.2, 0.25) is 0 Å². The number of halogens is 2. The molecule has 3 heteroatoms. The molecule has 0 aliphatic heterocycles. The van der Waals surface area contributed by atoms with Gasteiger partial charge in [-0.2, -0.15) is 0 Å². The molecular weight excluding hydrogens is 232 g/mol. The third-order valence-electron chi connectivity index (χ3n) is 2.94. The van der Waals surface area contributed by atoms with Crippen molar-refractivity contribution in [1.29, 1.82) is 0 Å². The van der Waals surface area contributed by atoms with Crippen LogP contribution >= 0.6 is 0 Å². The zero-order chi connectivity index (χ0) is 13.1. The fraction of sp³-hybridized carbons (Fsp3) is 0.200. The molecule has 0 heterocycles. The molecule has 2 rings (SSSR count). The van der Waals surface area contributed by atoms with Crippen molar-refractivity contribution in [3.8, 4) is 11.1 Å². The van der Waals surface area contributed by atoms with E-state index < -0.39 is 11.6 Å². The van der Waals surface area contributed by atoms with Gasteiger partial charge in [-0.05, 0) is 36.7 Å². The van der Waals surface area contributed by atoms with Crippen molar-refractivity contribution in [2.24, 2.45) is 0 Å². The van der Waals surface area contributed by atoms with E-state index in [9.17, 15) is 8.78 Å². The maximum Gasteiger partial charge on any atom is 0.136 e. The molecule has 0 unspecified atom stereocenters. The molecule has 0 fully saturated rings. The predicted octanol–water partition coefficient (Wildman–Crippen LogP) is 3.66. The Labute approximate surface area is 105 Å². The quantitative estimate of drug-likeness (QED) is 0.872. The highest BCUT2D eigenvalue weighted by molar-refractivity contribution is 5.69. The van der Waals surface area contributed by atoms with Gasteiger partial charge in [0.25, 0.3) is 0 Å². The molecule has 0 saturated heterocycles. The van der Waals surface area contributed by atoms with Gasteiger partial charge >= 0.3 is 0 Å². The summed E-state index contributed by atoms with van der Waals surface area (Å²) in [5.74, 6) is -1.01. The van der Waals surface area contributed by atoms with Crippen molar-refractivity contribution in [1.82, 2.24) is 5.32 Å². The zero-order valence-electron chi connectivity index (χ0n) is 10.4. The van der Waals surface area contributed by atoms with Crippen molar-refractivity contribution in [2.75, 3.05) is 7.05 Å². The monoisotopic (exact) mass is 247 g/mol. The summed E-state index contributed by atoms with van der Waals surface area (Å²) in [6, 6.07) is 10.0. The molecule has 2 aromatic carbocycles. The SMILES string of the molecule is CNCc1ccccc1-c1c(F)ccc(C)c1F. The van der Waals surface area contributed by atoms with Gasteiger partial charge < -0.3 is 5.32 Å². The van der Waals surface area contributed by atoms with Gasteiger partial charge in [-0.15, -0.1) is 0 Å². The summed E-state index contributed by atoms with van der Waals surface area (Å²) in [4.78, 5) is 0. The first kappa shape index (κ1) is 12.7. The van der Waals surface area contributed by atoms with Gasteiger partial charge in [-0.3, -0.25) is 0 Å². The molecule has 0 aliphatic carbocycles. The highest BCUT2D eigenvalue weighted by atomic mass is 19.1. The lowest BCUT2D eigenvalue weighted by molar-refractivity contribution is 0.583. The molecule has 1 nitrogen and oxygen atoms in total. The first-order valence-electron chi connectivity index (χ1n) is 5.82. The Morgan fingerprint density at radius 1 is 1.06 bits per heavy atom. The highest BCUT2D eigenvalue weighted by Crippen LogP contribution is 2.30. The van der Waals surface area contributed by atoms with E-state index in [0.717, 1.165) is 5.56 Å². The van der Waals surface area contributed by atoms with Crippen LogP contribution in [0.4, 0.5) is 8.78 Å². The predicted molar refractivity (Wildman–Crippen MR) is 69.3 cm³/mol. The van der Waals surface area contributed by atoms with Crippen LogP contribution in [-0.2, 0) is 6.54 Å². The Morgan fingerprint density at radius 2 is 1.78 bits per heavy atom. The summed E-state index contributed by atoms with van der Waals surface area (Å²) < 4.78 is 28.0. The summed E-state index contributed by atoms with van der Waals surface area (Å²) in [5, 5.41) is 3.00. The fourth-order valence-electron chi connectivity index (χ4n) is 2.01. The number of aryl methyl sites for hydroxylation is 1. The van der Waals surface area contributed by atoms with Crippen molar-refractivity contribution in [3.63, 3.8) is 0 Å². The lowest BCUT2D eigenvalue weighted by Crippen LogP contribution is -2.07. The molecule has 1 N–H and O–H groups in total. The maximum absolute atomic E-state index is 14.1. The molecule has 0 bridgehead atoms. The number of hydrogen-bond donors (Lipinski definition) is 1. The average Bonchev–Trinajstić information content (AvgIpc) is 2.37. The fourth-order valence-corrected chi connectivity index (χ4v) is 2.01. The molecule has 18 heavy (non-hydrogen) atoms. The van der Waals surface area contributed by atoms with Crippen LogP contribution in [0.25, 0.3) is 11.1 Å². The van der Waals surface area contributed by atoms with Gasteiger partial charge in [-0.1, -0.05) is 30.3 Å². The summed E-state index contributed by atoms with van der Waals surface area (Å²) in [7, 11) is 1.81. The molecule has 0 radical (unpaired) electrons. The standard InChI is InChI=1S/C15H15F2N/c1-10-7-8-13(16)14(15(10)17)12-6-4-3-5-11(12)9-18-2/h3-8,18H,9H2,1-2H3. The molecule has 0 aliphatic rings. The first-order chi connectivity index (χ1) is 8.65. The minimum Gasteiger partial charge on any atom is -0.316 e.